The van der Waals surface area contributed by atoms with E-state index in [0.717, 1.165) is 19.3 Å². The van der Waals surface area contributed by atoms with E-state index < -0.39 is 0 Å². The topological polar surface area (TPSA) is 58.2 Å². The fourth-order valence-electron chi connectivity index (χ4n) is 1.26. The second kappa shape index (κ2) is 12.1. The highest BCUT2D eigenvalue weighted by atomic mass is 32.1. The monoisotopic (exact) mass is 278 g/mol. The molecule has 0 saturated heterocycles. The maximum atomic E-state index is 11.1. The fraction of sp³-hybridized carbons (Fsp3) is 0.818. The number of hydrogen-bond acceptors (Lipinski definition) is 4. The van der Waals surface area contributed by atoms with Gasteiger partial charge >= 0.3 is 0 Å². The van der Waals surface area contributed by atoms with Gasteiger partial charge in [0.2, 0.25) is 11.8 Å². The van der Waals surface area contributed by atoms with E-state index in [9.17, 15) is 9.59 Å². The molecule has 0 radical (unpaired) electrons. The molecule has 0 saturated carbocycles. The van der Waals surface area contributed by atoms with Crippen LogP contribution in [0.1, 0.15) is 32.1 Å². The lowest BCUT2D eigenvalue weighted by Gasteiger charge is -2.05. The second-order valence-corrected chi connectivity index (χ2v) is 4.60. The van der Waals surface area contributed by atoms with Gasteiger partial charge in [0.05, 0.1) is 0 Å². The largest absolute Gasteiger partial charge is 0.356 e. The number of carbonyl (C=O) groups excluding carboxylic acids is 2. The molecule has 2 amide bonds. The highest BCUT2D eigenvalue weighted by molar-refractivity contribution is 7.80. The molecule has 0 aromatic rings. The fourth-order valence-corrected chi connectivity index (χ4v) is 1.67. The van der Waals surface area contributed by atoms with Gasteiger partial charge in [-0.25, -0.2) is 0 Å². The molecule has 0 aliphatic rings. The third kappa shape index (κ3) is 11.9. The summed E-state index contributed by atoms with van der Waals surface area (Å²) in [6, 6.07) is 0. The van der Waals surface area contributed by atoms with Crippen molar-refractivity contribution in [3.8, 4) is 0 Å². The smallest absolute Gasteiger partial charge is 0.220 e. The van der Waals surface area contributed by atoms with Crippen molar-refractivity contribution in [2.45, 2.75) is 32.1 Å². The summed E-state index contributed by atoms with van der Waals surface area (Å²) >= 11 is 7.96. The number of thiol groups is 2. The molecular weight excluding hydrogens is 256 g/mol. The maximum absolute atomic E-state index is 11.1. The van der Waals surface area contributed by atoms with Crippen LogP contribution in [0.25, 0.3) is 0 Å². The van der Waals surface area contributed by atoms with Gasteiger partial charge in [0.1, 0.15) is 0 Å². The van der Waals surface area contributed by atoms with Crippen LogP contribution < -0.4 is 10.6 Å². The normalized spacial score (nSPS) is 10.0. The highest BCUT2D eigenvalue weighted by Crippen LogP contribution is 1.94. The van der Waals surface area contributed by atoms with Crippen molar-refractivity contribution < 1.29 is 9.59 Å². The summed E-state index contributed by atoms with van der Waals surface area (Å²) in [7, 11) is 0. The molecular formula is C11H22N2O2S2. The Morgan fingerprint density at radius 2 is 1.18 bits per heavy atom. The number of amides is 2. The molecule has 0 fully saturated rings. The van der Waals surface area contributed by atoms with Gasteiger partial charge in [0.25, 0.3) is 0 Å². The molecule has 0 aromatic carbocycles. The Bertz CT molecular complexity index is 204. The van der Waals surface area contributed by atoms with Gasteiger partial charge in [-0.15, -0.1) is 0 Å². The van der Waals surface area contributed by atoms with E-state index in [4.69, 9.17) is 0 Å². The Labute approximate surface area is 114 Å². The zero-order chi connectivity index (χ0) is 12.9. The Balaban J connectivity index is 3.18. The van der Waals surface area contributed by atoms with Crippen LogP contribution in [-0.4, -0.2) is 36.4 Å². The van der Waals surface area contributed by atoms with E-state index in [2.05, 4.69) is 35.9 Å². The van der Waals surface area contributed by atoms with Crippen LogP contribution in [0, 0.1) is 0 Å². The quantitative estimate of drug-likeness (QED) is 0.356. The average molecular weight is 278 g/mol. The van der Waals surface area contributed by atoms with Gasteiger partial charge in [-0.05, 0) is 30.8 Å². The predicted octanol–water partition coefficient (Wildman–Crippen LogP) is 1.03. The first-order valence-electron chi connectivity index (χ1n) is 5.95. The van der Waals surface area contributed by atoms with Crippen molar-refractivity contribution in [1.29, 1.82) is 0 Å². The molecule has 17 heavy (non-hydrogen) atoms. The summed E-state index contributed by atoms with van der Waals surface area (Å²) in [6.45, 7) is 1.41. The predicted molar refractivity (Wildman–Crippen MR) is 76.8 cm³/mol. The molecule has 0 aromatic heterocycles. The van der Waals surface area contributed by atoms with Gasteiger partial charge in [0.15, 0.2) is 0 Å². The molecule has 2 N–H and O–H groups in total. The minimum Gasteiger partial charge on any atom is -0.356 e. The zero-order valence-electron chi connectivity index (χ0n) is 10.1. The summed E-state index contributed by atoms with van der Waals surface area (Å²) in [4.78, 5) is 22.1. The van der Waals surface area contributed by atoms with Crippen LogP contribution in [0.2, 0.25) is 0 Å². The van der Waals surface area contributed by atoms with Crippen LogP contribution >= 0.6 is 25.3 Å². The van der Waals surface area contributed by atoms with Crippen molar-refractivity contribution in [2.24, 2.45) is 0 Å². The van der Waals surface area contributed by atoms with Crippen LogP contribution in [0.15, 0.2) is 0 Å². The van der Waals surface area contributed by atoms with Gasteiger partial charge in [-0.2, -0.15) is 25.3 Å². The Kier molecular flexibility index (Phi) is 11.8. The van der Waals surface area contributed by atoms with E-state index in [1.165, 1.54) is 0 Å². The van der Waals surface area contributed by atoms with Gasteiger partial charge in [-0.3, -0.25) is 9.59 Å². The maximum Gasteiger partial charge on any atom is 0.220 e. The van der Waals surface area contributed by atoms with Crippen molar-refractivity contribution in [2.75, 3.05) is 24.6 Å². The number of carbonyl (C=O) groups is 2. The summed E-state index contributed by atoms with van der Waals surface area (Å²) < 4.78 is 0. The van der Waals surface area contributed by atoms with E-state index in [0.29, 0.717) is 37.4 Å². The molecule has 0 aliphatic heterocycles. The van der Waals surface area contributed by atoms with E-state index in [1.54, 1.807) is 0 Å². The summed E-state index contributed by atoms with van der Waals surface area (Å²) in [6.07, 6.45) is 3.84. The first-order chi connectivity index (χ1) is 8.20. The molecule has 0 spiro atoms. The number of nitrogens with one attached hydrogen (secondary N) is 2. The van der Waals surface area contributed by atoms with Crippen LogP contribution in [0.5, 0.6) is 0 Å². The lowest BCUT2D eigenvalue weighted by molar-refractivity contribution is -0.121. The highest BCUT2D eigenvalue weighted by Gasteiger charge is 1.99. The number of rotatable bonds is 10. The SMILES string of the molecule is O=C(CCS)NCCCCCNC(=O)CCS. The van der Waals surface area contributed by atoms with Crippen molar-refractivity contribution in [1.82, 2.24) is 10.6 Å². The molecule has 0 atom stereocenters. The number of unbranched alkanes of at least 4 members (excludes halogenated alkanes) is 2. The van der Waals surface area contributed by atoms with E-state index in [-0.39, 0.29) is 11.8 Å². The Hall–Kier alpha value is -0.360. The van der Waals surface area contributed by atoms with Crippen LogP contribution in [0.3, 0.4) is 0 Å². The average Bonchev–Trinajstić information content (AvgIpc) is 2.28. The summed E-state index contributed by atoms with van der Waals surface area (Å²) in [5.41, 5.74) is 0. The van der Waals surface area contributed by atoms with Gasteiger partial charge in [0, 0.05) is 25.9 Å². The standard InChI is InChI=1S/C11H22N2O2S2/c14-10(4-8-16)12-6-2-1-3-7-13-11(15)5-9-17/h16-17H,1-9H2,(H,12,14)(H,13,15). The lowest BCUT2D eigenvalue weighted by atomic mass is 10.2. The van der Waals surface area contributed by atoms with Crippen molar-refractivity contribution >= 4 is 37.1 Å². The first-order valence-corrected chi connectivity index (χ1v) is 7.22. The minimum absolute atomic E-state index is 0.0575. The third-order valence-corrected chi connectivity index (χ3v) is 2.62. The number of hydrogen-bond donors (Lipinski definition) is 4. The van der Waals surface area contributed by atoms with Gasteiger partial charge in [-0.1, -0.05) is 0 Å². The lowest BCUT2D eigenvalue weighted by Crippen LogP contribution is -2.26. The molecule has 100 valence electrons. The molecule has 0 rings (SSSR count). The van der Waals surface area contributed by atoms with Gasteiger partial charge < -0.3 is 10.6 Å². The molecule has 0 unspecified atom stereocenters. The second-order valence-electron chi connectivity index (χ2n) is 3.71. The van der Waals surface area contributed by atoms with E-state index in [1.807, 2.05) is 0 Å². The van der Waals surface area contributed by atoms with Crippen molar-refractivity contribution in [3.05, 3.63) is 0 Å². The van der Waals surface area contributed by atoms with E-state index >= 15 is 0 Å². The van der Waals surface area contributed by atoms with Crippen LogP contribution in [-0.2, 0) is 9.59 Å². The molecule has 0 heterocycles. The Morgan fingerprint density at radius 3 is 1.53 bits per heavy atom. The van der Waals surface area contributed by atoms with Crippen LogP contribution in [0.4, 0.5) is 0 Å². The minimum atomic E-state index is 0.0575. The zero-order valence-corrected chi connectivity index (χ0v) is 11.9. The molecule has 0 bridgehead atoms. The van der Waals surface area contributed by atoms with Crippen molar-refractivity contribution in [3.63, 3.8) is 0 Å². The Morgan fingerprint density at radius 1 is 0.765 bits per heavy atom. The third-order valence-electron chi connectivity index (χ3n) is 2.18. The molecule has 6 heteroatoms. The summed E-state index contributed by atoms with van der Waals surface area (Å²) in [5.74, 6) is 1.29. The summed E-state index contributed by atoms with van der Waals surface area (Å²) in [5, 5.41) is 5.64. The first kappa shape index (κ1) is 16.6. The molecule has 0 aliphatic carbocycles. The molecule has 4 nitrogen and oxygen atoms in total.